The van der Waals surface area contributed by atoms with Crippen molar-refractivity contribution in [1.29, 1.82) is 0 Å². The summed E-state index contributed by atoms with van der Waals surface area (Å²) in [5.41, 5.74) is 8.30. The fourth-order valence-electron chi connectivity index (χ4n) is 1.52. The smallest absolute Gasteiger partial charge is 0.0966 e. The topological polar surface area (TPSA) is 38.9 Å². The van der Waals surface area contributed by atoms with E-state index in [0.717, 1.165) is 16.3 Å². The standard InChI is InChI=1S/C14H16N2S/c1-11(15)13-7-8-16-14(9-13)17-10-12-5-3-2-4-6-12/h2-9,11H,10,15H2,1H3/t11-/m0/s1. The first-order valence-corrected chi connectivity index (χ1v) is 6.62. The summed E-state index contributed by atoms with van der Waals surface area (Å²) in [5, 5.41) is 1.03. The fraction of sp³-hybridized carbons (Fsp3) is 0.214. The molecule has 0 aliphatic rings. The van der Waals surface area contributed by atoms with E-state index in [1.165, 1.54) is 5.56 Å². The van der Waals surface area contributed by atoms with Crippen molar-refractivity contribution in [2.45, 2.75) is 23.7 Å². The van der Waals surface area contributed by atoms with Crippen LogP contribution in [0.25, 0.3) is 0 Å². The minimum absolute atomic E-state index is 0.0640. The zero-order valence-corrected chi connectivity index (χ0v) is 10.7. The van der Waals surface area contributed by atoms with Gasteiger partial charge in [0.25, 0.3) is 0 Å². The number of rotatable bonds is 4. The van der Waals surface area contributed by atoms with E-state index in [2.05, 4.69) is 35.3 Å². The highest BCUT2D eigenvalue weighted by Gasteiger charge is 2.02. The second-order valence-electron chi connectivity index (χ2n) is 3.99. The van der Waals surface area contributed by atoms with Gasteiger partial charge in [0.05, 0.1) is 5.03 Å². The zero-order chi connectivity index (χ0) is 12.1. The van der Waals surface area contributed by atoms with Gasteiger partial charge < -0.3 is 5.73 Å². The Bertz CT molecular complexity index is 469. The summed E-state index contributed by atoms with van der Waals surface area (Å²) in [6.07, 6.45) is 1.83. The highest BCUT2D eigenvalue weighted by Crippen LogP contribution is 2.22. The third-order valence-corrected chi connectivity index (χ3v) is 3.51. The van der Waals surface area contributed by atoms with E-state index in [4.69, 9.17) is 5.73 Å². The Morgan fingerprint density at radius 3 is 2.71 bits per heavy atom. The van der Waals surface area contributed by atoms with Gasteiger partial charge in [0.15, 0.2) is 0 Å². The minimum atomic E-state index is 0.0640. The van der Waals surface area contributed by atoms with Crippen LogP contribution in [0.5, 0.6) is 0 Å². The summed E-state index contributed by atoms with van der Waals surface area (Å²) in [4.78, 5) is 4.34. The largest absolute Gasteiger partial charge is 0.324 e. The zero-order valence-electron chi connectivity index (χ0n) is 9.84. The van der Waals surface area contributed by atoms with Crippen LogP contribution < -0.4 is 5.73 Å². The average Bonchev–Trinajstić information content (AvgIpc) is 2.38. The monoisotopic (exact) mass is 244 g/mol. The van der Waals surface area contributed by atoms with E-state index < -0.39 is 0 Å². The quantitative estimate of drug-likeness (QED) is 0.838. The summed E-state index contributed by atoms with van der Waals surface area (Å²) >= 11 is 1.74. The van der Waals surface area contributed by atoms with Gasteiger partial charge in [0.1, 0.15) is 0 Å². The molecule has 0 aliphatic heterocycles. The van der Waals surface area contributed by atoms with Crippen molar-refractivity contribution >= 4 is 11.8 Å². The van der Waals surface area contributed by atoms with Gasteiger partial charge in [-0.2, -0.15) is 0 Å². The molecule has 0 radical (unpaired) electrons. The molecule has 2 N–H and O–H groups in total. The van der Waals surface area contributed by atoms with Gasteiger partial charge in [0, 0.05) is 18.0 Å². The van der Waals surface area contributed by atoms with Crippen LogP contribution in [0.1, 0.15) is 24.1 Å². The molecule has 2 rings (SSSR count). The average molecular weight is 244 g/mol. The van der Waals surface area contributed by atoms with Crippen molar-refractivity contribution in [3.8, 4) is 0 Å². The van der Waals surface area contributed by atoms with Crippen molar-refractivity contribution < 1.29 is 0 Å². The molecule has 0 aliphatic carbocycles. The number of aromatic nitrogens is 1. The number of hydrogen-bond acceptors (Lipinski definition) is 3. The Balaban J connectivity index is 2.02. The molecule has 2 aromatic rings. The number of hydrogen-bond donors (Lipinski definition) is 1. The number of thioether (sulfide) groups is 1. The number of nitrogens with zero attached hydrogens (tertiary/aromatic N) is 1. The molecule has 88 valence electrons. The second-order valence-corrected chi connectivity index (χ2v) is 4.99. The van der Waals surface area contributed by atoms with Crippen LogP contribution in [-0.2, 0) is 5.75 Å². The normalized spacial score (nSPS) is 12.4. The van der Waals surface area contributed by atoms with E-state index in [9.17, 15) is 0 Å². The van der Waals surface area contributed by atoms with Crippen LogP contribution in [0.15, 0.2) is 53.7 Å². The molecule has 0 saturated carbocycles. The van der Waals surface area contributed by atoms with Crippen molar-refractivity contribution in [2.24, 2.45) is 5.73 Å². The first kappa shape index (κ1) is 12.1. The van der Waals surface area contributed by atoms with Crippen LogP contribution in [0.4, 0.5) is 0 Å². The highest BCUT2D eigenvalue weighted by molar-refractivity contribution is 7.98. The van der Waals surface area contributed by atoms with Gasteiger partial charge in [-0.25, -0.2) is 4.98 Å². The van der Waals surface area contributed by atoms with Crippen molar-refractivity contribution in [3.05, 3.63) is 59.8 Å². The molecular formula is C14H16N2S. The third kappa shape index (κ3) is 3.58. The highest BCUT2D eigenvalue weighted by atomic mass is 32.2. The molecule has 1 aromatic heterocycles. The molecule has 0 saturated heterocycles. The number of nitrogens with two attached hydrogens (primary N) is 1. The van der Waals surface area contributed by atoms with Crippen LogP contribution >= 0.6 is 11.8 Å². The lowest BCUT2D eigenvalue weighted by Gasteiger charge is -2.07. The molecule has 0 fully saturated rings. The van der Waals surface area contributed by atoms with Crippen LogP contribution in [0.3, 0.4) is 0 Å². The molecule has 1 heterocycles. The van der Waals surface area contributed by atoms with Gasteiger partial charge in [-0.3, -0.25) is 0 Å². The Kier molecular flexibility index (Phi) is 4.18. The van der Waals surface area contributed by atoms with Gasteiger partial charge in [0.2, 0.25) is 0 Å². The van der Waals surface area contributed by atoms with Crippen molar-refractivity contribution in [2.75, 3.05) is 0 Å². The van der Waals surface area contributed by atoms with Crippen LogP contribution in [0.2, 0.25) is 0 Å². The second kappa shape index (κ2) is 5.84. The lowest BCUT2D eigenvalue weighted by atomic mass is 10.1. The molecular weight excluding hydrogens is 228 g/mol. The molecule has 3 heteroatoms. The molecule has 17 heavy (non-hydrogen) atoms. The predicted octanol–water partition coefficient (Wildman–Crippen LogP) is 3.39. The summed E-state index contributed by atoms with van der Waals surface area (Å²) in [5.74, 6) is 0.941. The van der Waals surface area contributed by atoms with E-state index >= 15 is 0 Å². The maximum atomic E-state index is 5.85. The molecule has 1 aromatic carbocycles. The predicted molar refractivity (Wildman–Crippen MR) is 72.8 cm³/mol. The molecule has 2 nitrogen and oxygen atoms in total. The van der Waals surface area contributed by atoms with Crippen LogP contribution in [0, 0.1) is 0 Å². The molecule has 0 amide bonds. The summed E-state index contributed by atoms with van der Waals surface area (Å²) < 4.78 is 0. The SMILES string of the molecule is C[C@H](N)c1ccnc(SCc2ccccc2)c1. The summed E-state index contributed by atoms with van der Waals surface area (Å²) in [7, 11) is 0. The molecule has 0 bridgehead atoms. The molecule has 1 atom stereocenters. The van der Waals surface area contributed by atoms with E-state index in [-0.39, 0.29) is 6.04 Å². The number of benzene rings is 1. The Morgan fingerprint density at radius 1 is 1.24 bits per heavy atom. The van der Waals surface area contributed by atoms with E-state index in [1.54, 1.807) is 11.8 Å². The lowest BCUT2D eigenvalue weighted by Crippen LogP contribution is -2.04. The number of pyridine rings is 1. The van der Waals surface area contributed by atoms with E-state index in [0.29, 0.717) is 0 Å². The van der Waals surface area contributed by atoms with Crippen molar-refractivity contribution in [3.63, 3.8) is 0 Å². The maximum Gasteiger partial charge on any atom is 0.0966 e. The Hall–Kier alpha value is -1.32. The van der Waals surface area contributed by atoms with Gasteiger partial charge in [-0.15, -0.1) is 11.8 Å². The summed E-state index contributed by atoms with van der Waals surface area (Å²) in [6.45, 7) is 1.99. The maximum absolute atomic E-state index is 5.85. The lowest BCUT2D eigenvalue weighted by molar-refractivity contribution is 0.808. The Morgan fingerprint density at radius 2 is 2.00 bits per heavy atom. The first-order valence-electron chi connectivity index (χ1n) is 5.64. The third-order valence-electron chi connectivity index (χ3n) is 2.51. The van der Waals surface area contributed by atoms with Gasteiger partial charge >= 0.3 is 0 Å². The van der Waals surface area contributed by atoms with E-state index in [1.807, 2.05) is 25.3 Å². The Labute approximate surface area is 106 Å². The molecule has 0 unspecified atom stereocenters. The van der Waals surface area contributed by atoms with Gasteiger partial charge in [-0.1, -0.05) is 30.3 Å². The van der Waals surface area contributed by atoms with Crippen LogP contribution in [-0.4, -0.2) is 4.98 Å². The minimum Gasteiger partial charge on any atom is -0.324 e. The van der Waals surface area contributed by atoms with Crippen molar-refractivity contribution in [1.82, 2.24) is 4.98 Å². The summed E-state index contributed by atoms with van der Waals surface area (Å²) in [6, 6.07) is 14.5. The fourth-order valence-corrected chi connectivity index (χ4v) is 2.38. The van der Waals surface area contributed by atoms with Gasteiger partial charge in [-0.05, 0) is 30.2 Å². The first-order chi connectivity index (χ1) is 8.25. The molecule has 0 spiro atoms.